The summed E-state index contributed by atoms with van der Waals surface area (Å²) >= 11 is 0. The second-order valence-corrected chi connectivity index (χ2v) is 6.86. The minimum atomic E-state index is -0.756. The third-order valence-corrected chi connectivity index (χ3v) is 5.06. The van der Waals surface area contributed by atoms with Gasteiger partial charge in [-0.15, -0.1) is 0 Å². The zero-order valence-electron chi connectivity index (χ0n) is 13.6. The molecule has 2 fully saturated rings. The molecule has 3 aliphatic heterocycles. The molecule has 6 nitrogen and oxygen atoms in total. The molecule has 6 heteroatoms. The third-order valence-electron chi connectivity index (χ3n) is 5.06. The maximum absolute atomic E-state index is 13.0. The molecular weight excluding hydrogens is 310 g/mol. The zero-order valence-corrected chi connectivity index (χ0v) is 13.6. The minimum Gasteiger partial charge on any atom is -0.427 e. The van der Waals surface area contributed by atoms with Gasteiger partial charge in [0, 0.05) is 13.0 Å². The van der Waals surface area contributed by atoms with Crippen LogP contribution in [-0.2, 0) is 19.1 Å². The van der Waals surface area contributed by atoms with Gasteiger partial charge in [-0.05, 0) is 26.0 Å². The van der Waals surface area contributed by atoms with Crippen LogP contribution in [0, 0.1) is 11.8 Å². The number of imide groups is 1. The Kier molecular flexibility index (Phi) is 2.85. The molecule has 3 aliphatic rings. The molecule has 0 unspecified atom stereocenters. The number of anilines is 1. The monoisotopic (exact) mass is 327 g/mol. The van der Waals surface area contributed by atoms with Crippen molar-refractivity contribution in [2.75, 3.05) is 4.90 Å². The van der Waals surface area contributed by atoms with E-state index in [0.29, 0.717) is 11.4 Å². The molecule has 24 heavy (non-hydrogen) atoms. The Labute approximate surface area is 139 Å². The standard InChI is InChI=1S/C18H17NO5/c1-10(20)23-12-6-4-5-11(9-12)19-15(21)13-14(16(19)22)18(3)8-7-17(13,2)24-18/h4-9,13-14H,1-3H3/t13-,14+,17-,18-/m0/s1. The fraction of sp³-hybridized carbons (Fsp3) is 0.389. The van der Waals surface area contributed by atoms with Crippen LogP contribution in [0.15, 0.2) is 36.4 Å². The first-order valence-electron chi connectivity index (χ1n) is 7.82. The van der Waals surface area contributed by atoms with Gasteiger partial charge in [0.1, 0.15) is 5.75 Å². The number of carbonyl (C=O) groups is 3. The van der Waals surface area contributed by atoms with E-state index in [1.54, 1.807) is 18.2 Å². The Balaban J connectivity index is 1.73. The van der Waals surface area contributed by atoms with Crippen LogP contribution in [0.4, 0.5) is 5.69 Å². The van der Waals surface area contributed by atoms with E-state index in [-0.39, 0.29) is 11.8 Å². The fourth-order valence-corrected chi connectivity index (χ4v) is 4.14. The van der Waals surface area contributed by atoms with E-state index in [2.05, 4.69) is 0 Å². The smallest absolute Gasteiger partial charge is 0.308 e. The van der Waals surface area contributed by atoms with Gasteiger partial charge in [0.05, 0.1) is 28.7 Å². The molecule has 0 aromatic heterocycles. The summed E-state index contributed by atoms with van der Waals surface area (Å²) < 4.78 is 11.0. The molecule has 0 spiro atoms. The largest absolute Gasteiger partial charge is 0.427 e. The maximum atomic E-state index is 13.0. The van der Waals surface area contributed by atoms with E-state index in [1.165, 1.54) is 17.9 Å². The van der Waals surface area contributed by atoms with Gasteiger partial charge in [-0.1, -0.05) is 18.2 Å². The summed E-state index contributed by atoms with van der Waals surface area (Å²) in [6.45, 7) is 4.97. The molecule has 1 aromatic carbocycles. The van der Waals surface area contributed by atoms with E-state index in [9.17, 15) is 14.4 Å². The van der Waals surface area contributed by atoms with Gasteiger partial charge in [-0.25, -0.2) is 4.90 Å². The molecule has 4 rings (SSSR count). The highest BCUT2D eigenvalue weighted by molar-refractivity contribution is 6.23. The Morgan fingerprint density at radius 2 is 1.71 bits per heavy atom. The summed E-state index contributed by atoms with van der Waals surface area (Å²) in [5, 5.41) is 0. The van der Waals surface area contributed by atoms with Gasteiger partial charge < -0.3 is 9.47 Å². The molecule has 1 aromatic rings. The van der Waals surface area contributed by atoms with E-state index in [1.807, 2.05) is 26.0 Å². The summed E-state index contributed by atoms with van der Waals surface area (Å²) in [7, 11) is 0. The summed E-state index contributed by atoms with van der Waals surface area (Å²) in [5.74, 6) is -1.78. The van der Waals surface area contributed by atoms with Crippen molar-refractivity contribution in [1.29, 1.82) is 0 Å². The average molecular weight is 327 g/mol. The molecular formula is C18H17NO5. The van der Waals surface area contributed by atoms with Crippen LogP contribution < -0.4 is 9.64 Å². The first-order chi connectivity index (χ1) is 11.3. The molecule has 2 amide bonds. The quantitative estimate of drug-likeness (QED) is 0.359. The summed E-state index contributed by atoms with van der Waals surface area (Å²) in [6.07, 6.45) is 3.75. The summed E-state index contributed by atoms with van der Waals surface area (Å²) in [6, 6.07) is 6.44. The molecule has 3 heterocycles. The van der Waals surface area contributed by atoms with Crippen LogP contribution in [-0.4, -0.2) is 29.0 Å². The topological polar surface area (TPSA) is 72.9 Å². The van der Waals surface area contributed by atoms with Crippen molar-refractivity contribution < 1.29 is 23.9 Å². The van der Waals surface area contributed by atoms with Gasteiger partial charge in [-0.2, -0.15) is 0 Å². The van der Waals surface area contributed by atoms with Crippen LogP contribution in [0.1, 0.15) is 20.8 Å². The Morgan fingerprint density at radius 1 is 1.12 bits per heavy atom. The van der Waals surface area contributed by atoms with Crippen molar-refractivity contribution in [3.05, 3.63) is 36.4 Å². The van der Waals surface area contributed by atoms with Crippen LogP contribution in [0.2, 0.25) is 0 Å². The molecule has 0 saturated carbocycles. The molecule has 4 atom stereocenters. The van der Waals surface area contributed by atoms with Gasteiger partial charge >= 0.3 is 5.97 Å². The van der Waals surface area contributed by atoms with Gasteiger partial charge in [0.2, 0.25) is 11.8 Å². The second-order valence-electron chi connectivity index (χ2n) is 6.86. The Hall–Kier alpha value is -2.47. The van der Waals surface area contributed by atoms with Crippen LogP contribution in [0.3, 0.4) is 0 Å². The van der Waals surface area contributed by atoms with Crippen LogP contribution in [0.5, 0.6) is 5.75 Å². The van der Waals surface area contributed by atoms with E-state index < -0.39 is 29.0 Å². The first kappa shape index (κ1) is 15.1. The number of fused-ring (bicyclic) bond motifs is 5. The third kappa shape index (κ3) is 1.83. The molecule has 0 N–H and O–H groups in total. The van der Waals surface area contributed by atoms with Gasteiger partial charge in [-0.3, -0.25) is 14.4 Å². The van der Waals surface area contributed by atoms with Crippen molar-refractivity contribution in [1.82, 2.24) is 0 Å². The maximum Gasteiger partial charge on any atom is 0.308 e. The van der Waals surface area contributed by atoms with Crippen molar-refractivity contribution in [2.45, 2.75) is 32.0 Å². The number of benzene rings is 1. The lowest BCUT2D eigenvalue weighted by molar-refractivity contribution is -0.132. The molecule has 2 saturated heterocycles. The van der Waals surface area contributed by atoms with E-state index >= 15 is 0 Å². The lowest BCUT2D eigenvalue weighted by Gasteiger charge is -2.25. The lowest BCUT2D eigenvalue weighted by atomic mass is 9.73. The predicted octanol–water partition coefficient (Wildman–Crippen LogP) is 1.83. The second kappa shape index (κ2) is 4.54. The Morgan fingerprint density at radius 3 is 2.25 bits per heavy atom. The van der Waals surface area contributed by atoms with E-state index in [4.69, 9.17) is 9.47 Å². The first-order valence-corrected chi connectivity index (χ1v) is 7.82. The molecule has 0 radical (unpaired) electrons. The van der Waals surface area contributed by atoms with Crippen molar-refractivity contribution >= 4 is 23.5 Å². The SMILES string of the molecule is CC(=O)Oc1cccc(N2C(=O)[C@@H]3[C@H](C2=O)[C@]2(C)C=C[C@]3(C)O2)c1. The van der Waals surface area contributed by atoms with Crippen LogP contribution >= 0.6 is 0 Å². The summed E-state index contributed by atoms with van der Waals surface area (Å²) in [5.41, 5.74) is -1.10. The highest BCUT2D eigenvalue weighted by Crippen LogP contribution is 2.57. The molecule has 0 aliphatic carbocycles. The average Bonchev–Trinajstić information content (AvgIpc) is 3.03. The lowest BCUT2D eigenvalue weighted by Crippen LogP contribution is -2.39. The number of carbonyl (C=O) groups excluding carboxylic acids is 3. The van der Waals surface area contributed by atoms with E-state index in [0.717, 1.165) is 0 Å². The van der Waals surface area contributed by atoms with Crippen molar-refractivity contribution in [3.8, 4) is 5.75 Å². The number of nitrogens with zero attached hydrogens (tertiary/aromatic N) is 1. The predicted molar refractivity (Wildman–Crippen MR) is 84.3 cm³/mol. The number of hydrogen-bond acceptors (Lipinski definition) is 5. The normalized spacial score (nSPS) is 36.4. The zero-order chi connectivity index (χ0) is 17.3. The number of rotatable bonds is 2. The number of ether oxygens (including phenoxy) is 2. The van der Waals surface area contributed by atoms with Crippen molar-refractivity contribution in [2.24, 2.45) is 11.8 Å². The number of esters is 1. The molecule has 2 bridgehead atoms. The van der Waals surface area contributed by atoms with Gasteiger partial charge in [0.25, 0.3) is 0 Å². The van der Waals surface area contributed by atoms with Gasteiger partial charge in [0.15, 0.2) is 0 Å². The van der Waals surface area contributed by atoms with Crippen molar-refractivity contribution in [3.63, 3.8) is 0 Å². The number of hydrogen-bond donors (Lipinski definition) is 0. The highest BCUT2D eigenvalue weighted by atomic mass is 16.5. The number of amides is 2. The summed E-state index contributed by atoms with van der Waals surface area (Å²) in [4.78, 5) is 38.2. The molecule has 124 valence electrons. The minimum absolute atomic E-state index is 0.277. The highest BCUT2D eigenvalue weighted by Gasteiger charge is 2.70. The Bertz CT molecular complexity index is 779. The fourth-order valence-electron chi connectivity index (χ4n) is 4.14. The van der Waals surface area contributed by atoms with Crippen LogP contribution in [0.25, 0.3) is 0 Å².